The molecule has 1 saturated heterocycles. The summed E-state index contributed by atoms with van der Waals surface area (Å²) in [5.74, 6) is 1.55. The lowest BCUT2D eigenvalue weighted by molar-refractivity contribution is -0.162. The van der Waals surface area contributed by atoms with Crippen LogP contribution < -0.4 is 9.47 Å². The maximum absolute atomic E-state index is 10.4. The Kier molecular flexibility index (Phi) is 3.59. The molecule has 0 amide bonds. The molecule has 5 heteroatoms. The SMILES string of the molecule is COc1cc2c(cc1OC)[C@H]1C3C(=CC[C@H]1O[C@@H]2O)CCN3C. The van der Waals surface area contributed by atoms with Gasteiger partial charge in [0.1, 0.15) is 0 Å². The van der Waals surface area contributed by atoms with E-state index in [-0.39, 0.29) is 12.0 Å². The first kappa shape index (κ1) is 15.0. The normalized spacial score (nSPS) is 32.6. The van der Waals surface area contributed by atoms with E-state index < -0.39 is 6.29 Å². The Labute approximate surface area is 136 Å². The Morgan fingerprint density at radius 2 is 1.87 bits per heavy atom. The maximum atomic E-state index is 10.4. The van der Waals surface area contributed by atoms with Crippen molar-refractivity contribution in [3.8, 4) is 11.5 Å². The van der Waals surface area contributed by atoms with E-state index in [4.69, 9.17) is 14.2 Å². The molecule has 4 atom stereocenters. The monoisotopic (exact) mass is 317 g/mol. The zero-order valence-electron chi connectivity index (χ0n) is 13.8. The van der Waals surface area contributed by atoms with Gasteiger partial charge < -0.3 is 19.3 Å². The van der Waals surface area contributed by atoms with Crippen LogP contribution in [0.3, 0.4) is 0 Å². The van der Waals surface area contributed by atoms with Gasteiger partial charge in [-0.1, -0.05) is 11.6 Å². The first-order chi connectivity index (χ1) is 11.1. The molecule has 2 heterocycles. The van der Waals surface area contributed by atoms with E-state index in [0.717, 1.165) is 30.5 Å². The number of rotatable bonds is 2. The van der Waals surface area contributed by atoms with Gasteiger partial charge in [0.2, 0.25) is 0 Å². The van der Waals surface area contributed by atoms with Crippen LogP contribution in [0.1, 0.15) is 36.2 Å². The van der Waals surface area contributed by atoms with Crippen LogP contribution in [0.2, 0.25) is 0 Å². The lowest BCUT2D eigenvalue weighted by atomic mass is 9.74. The van der Waals surface area contributed by atoms with Crippen LogP contribution >= 0.6 is 0 Å². The number of methoxy groups -OCH3 is 2. The summed E-state index contributed by atoms with van der Waals surface area (Å²) in [5.41, 5.74) is 3.41. The number of nitrogens with zero attached hydrogens (tertiary/aromatic N) is 1. The standard InChI is InChI=1S/C18H23NO4/c1-19-7-6-10-4-5-13-16(17(10)19)11-8-14(21-2)15(22-3)9-12(11)18(20)23-13/h4,8-9,13,16-18,20H,5-7H2,1-3H3/t13-,16-,17?,18+/m1/s1. The van der Waals surface area contributed by atoms with E-state index >= 15 is 0 Å². The third-order valence-corrected chi connectivity index (χ3v) is 5.48. The molecule has 0 radical (unpaired) electrons. The topological polar surface area (TPSA) is 51.2 Å². The fraction of sp³-hybridized carbons (Fsp3) is 0.556. The molecule has 1 aromatic carbocycles. The summed E-state index contributed by atoms with van der Waals surface area (Å²) in [5, 5.41) is 10.4. The van der Waals surface area contributed by atoms with Gasteiger partial charge in [-0.05, 0) is 37.6 Å². The number of benzene rings is 1. The molecule has 1 fully saturated rings. The fourth-order valence-corrected chi connectivity index (χ4v) is 4.38. The van der Waals surface area contributed by atoms with E-state index in [1.807, 2.05) is 12.1 Å². The van der Waals surface area contributed by atoms with Crippen molar-refractivity contribution in [2.24, 2.45) is 0 Å². The van der Waals surface area contributed by atoms with Crippen LogP contribution in [0, 0.1) is 0 Å². The molecular weight excluding hydrogens is 294 g/mol. The average Bonchev–Trinajstić information content (AvgIpc) is 2.95. The minimum atomic E-state index is -0.910. The summed E-state index contributed by atoms with van der Waals surface area (Å²) in [4.78, 5) is 2.39. The summed E-state index contributed by atoms with van der Waals surface area (Å²) in [6.07, 6.45) is 3.37. The van der Waals surface area contributed by atoms with Gasteiger partial charge in [-0.2, -0.15) is 0 Å². The minimum absolute atomic E-state index is 0.00454. The summed E-state index contributed by atoms with van der Waals surface area (Å²) in [6.45, 7) is 1.07. The molecule has 23 heavy (non-hydrogen) atoms. The number of fused-ring (bicyclic) bond motifs is 5. The summed E-state index contributed by atoms with van der Waals surface area (Å²) in [7, 11) is 5.42. The van der Waals surface area contributed by atoms with Crippen LogP contribution in [-0.4, -0.2) is 50.0 Å². The average molecular weight is 317 g/mol. The molecule has 0 bridgehead atoms. The maximum Gasteiger partial charge on any atom is 0.181 e. The second-order valence-corrected chi connectivity index (χ2v) is 6.58. The van der Waals surface area contributed by atoms with Gasteiger partial charge in [0.05, 0.1) is 20.3 Å². The van der Waals surface area contributed by atoms with Gasteiger partial charge in [-0.15, -0.1) is 0 Å². The Balaban J connectivity index is 1.86. The van der Waals surface area contributed by atoms with Crippen LogP contribution in [0.25, 0.3) is 0 Å². The van der Waals surface area contributed by atoms with Crippen molar-refractivity contribution < 1.29 is 19.3 Å². The third kappa shape index (κ3) is 2.18. The summed E-state index contributed by atoms with van der Waals surface area (Å²) >= 11 is 0. The Hall–Kier alpha value is -1.56. The highest BCUT2D eigenvalue weighted by Gasteiger charge is 2.46. The molecule has 5 nitrogen and oxygen atoms in total. The molecule has 1 aliphatic carbocycles. The predicted molar refractivity (Wildman–Crippen MR) is 85.9 cm³/mol. The number of aliphatic hydroxyl groups excluding tert-OH is 1. The highest BCUT2D eigenvalue weighted by molar-refractivity contribution is 5.52. The molecular formula is C18H23NO4. The molecule has 3 aliphatic rings. The molecule has 0 saturated carbocycles. The van der Waals surface area contributed by atoms with Crippen molar-refractivity contribution in [1.29, 1.82) is 0 Å². The van der Waals surface area contributed by atoms with E-state index in [1.54, 1.807) is 14.2 Å². The number of aliphatic hydroxyl groups is 1. The molecule has 1 unspecified atom stereocenters. The Bertz CT molecular complexity index is 657. The van der Waals surface area contributed by atoms with Crippen molar-refractivity contribution in [2.75, 3.05) is 27.8 Å². The summed E-state index contributed by atoms with van der Waals surface area (Å²) in [6, 6.07) is 4.22. The quantitative estimate of drug-likeness (QED) is 0.848. The van der Waals surface area contributed by atoms with Crippen LogP contribution in [0.15, 0.2) is 23.8 Å². The van der Waals surface area contributed by atoms with E-state index in [2.05, 4.69) is 18.0 Å². The largest absolute Gasteiger partial charge is 0.493 e. The van der Waals surface area contributed by atoms with Gasteiger partial charge in [-0.25, -0.2) is 0 Å². The lowest BCUT2D eigenvalue weighted by Crippen LogP contribution is -2.44. The van der Waals surface area contributed by atoms with E-state index in [9.17, 15) is 5.11 Å². The van der Waals surface area contributed by atoms with Crippen LogP contribution in [-0.2, 0) is 4.74 Å². The van der Waals surface area contributed by atoms with Crippen molar-refractivity contribution in [1.82, 2.24) is 4.90 Å². The minimum Gasteiger partial charge on any atom is -0.493 e. The molecule has 1 aromatic rings. The number of likely N-dealkylation sites (tertiary alicyclic amines) is 1. The van der Waals surface area contributed by atoms with Gasteiger partial charge in [0, 0.05) is 24.1 Å². The van der Waals surface area contributed by atoms with Gasteiger partial charge in [0.15, 0.2) is 17.8 Å². The van der Waals surface area contributed by atoms with Gasteiger partial charge in [0.25, 0.3) is 0 Å². The van der Waals surface area contributed by atoms with E-state index in [1.165, 1.54) is 5.57 Å². The summed E-state index contributed by atoms with van der Waals surface area (Å²) < 4.78 is 16.8. The second kappa shape index (κ2) is 5.51. The van der Waals surface area contributed by atoms with Crippen LogP contribution in [0.5, 0.6) is 11.5 Å². The Morgan fingerprint density at radius 1 is 1.17 bits per heavy atom. The zero-order chi connectivity index (χ0) is 16.1. The number of hydrogen-bond acceptors (Lipinski definition) is 5. The zero-order valence-corrected chi connectivity index (χ0v) is 13.8. The van der Waals surface area contributed by atoms with Crippen molar-refractivity contribution >= 4 is 0 Å². The molecule has 2 aliphatic heterocycles. The number of ether oxygens (including phenoxy) is 3. The molecule has 1 N–H and O–H groups in total. The van der Waals surface area contributed by atoms with Crippen LogP contribution in [0.4, 0.5) is 0 Å². The highest BCUT2D eigenvalue weighted by atomic mass is 16.6. The third-order valence-electron chi connectivity index (χ3n) is 5.48. The second-order valence-electron chi connectivity index (χ2n) is 6.58. The number of hydrogen-bond donors (Lipinski definition) is 1. The molecule has 0 spiro atoms. The number of likely N-dealkylation sites (N-methyl/N-ethyl adjacent to an activating group) is 1. The molecule has 124 valence electrons. The Morgan fingerprint density at radius 3 is 2.57 bits per heavy atom. The predicted octanol–water partition coefficient (Wildman–Crippen LogP) is 2.21. The van der Waals surface area contributed by atoms with Crippen molar-refractivity contribution in [3.05, 3.63) is 34.9 Å². The van der Waals surface area contributed by atoms with Crippen molar-refractivity contribution in [3.63, 3.8) is 0 Å². The lowest BCUT2D eigenvalue weighted by Gasteiger charge is -2.44. The first-order valence-electron chi connectivity index (χ1n) is 8.12. The van der Waals surface area contributed by atoms with Gasteiger partial charge >= 0.3 is 0 Å². The highest BCUT2D eigenvalue weighted by Crippen LogP contribution is 2.50. The molecule has 4 rings (SSSR count). The molecule has 0 aromatic heterocycles. The first-order valence-corrected chi connectivity index (χ1v) is 8.12. The smallest absolute Gasteiger partial charge is 0.181 e. The van der Waals surface area contributed by atoms with Crippen molar-refractivity contribution in [2.45, 2.75) is 37.2 Å². The fourth-order valence-electron chi connectivity index (χ4n) is 4.38. The van der Waals surface area contributed by atoms with E-state index in [0.29, 0.717) is 17.5 Å². The van der Waals surface area contributed by atoms with Gasteiger partial charge in [-0.3, -0.25) is 4.90 Å².